The van der Waals surface area contributed by atoms with Gasteiger partial charge in [0.15, 0.2) is 0 Å². The molecule has 1 saturated heterocycles. The minimum Gasteiger partial charge on any atom is -0.380 e. The molecule has 0 aromatic carbocycles. The van der Waals surface area contributed by atoms with Crippen molar-refractivity contribution in [2.45, 2.75) is 44.8 Å². The van der Waals surface area contributed by atoms with E-state index >= 15 is 0 Å². The first kappa shape index (κ1) is 16.4. The molecule has 1 aromatic heterocycles. The molecule has 0 aliphatic carbocycles. The first-order valence-corrected chi connectivity index (χ1v) is 8.57. The number of aromatic nitrogens is 2. The molecular formula is C15H25N3O2S. The smallest absolute Gasteiger partial charge is 0.254 e. The lowest BCUT2D eigenvalue weighted by Gasteiger charge is -2.34. The molecule has 21 heavy (non-hydrogen) atoms. The van der Waals surface area contributed by atoms with Crippen molar-refractivity contribution < 1.29 is 9.90 Å². The highest BCUT2D eigenvalue weighted by Gasteiger charge is 2.39. The first-order valence-electron chi connectivity index (χ1n) is 7.41. The third-order valence-corrected chi connectivity index (χ3v) is 4.94. The zero-order valence-corrected chi connectivity index (χ0v) is 14.1. The number of carbonyl (C=O) groups excluding carboxylic acids is 1. The van der Waals surface area contributed by atoms with Gasteiger partial charge in [0.25, 0.3) is 5.91 Å². The second-order valence-electron chi connectivity index (χ2n) is 6.17. The van der Waals surface area contributed by atoms with Crippen LogP contribution in [0.5, 0.6) is 0 Å². The predicted octanol–water partition coefficient (Wildman–Crippen LogP) is 1.76. The molecule has 1 aliphatic heterocycles. The Labute approximate surface area is 130 Å². The number of thioether (sulfide) groups is 1. The van der Waals surface area contributed by atoms with Crippen molar-refractivity contribution in [2.24, 2.45) is 7.05 Å². The van der Waals surface area contributed by atoms with E-state index in [1.807, 2.05) is 13.2 Å². The van der Waals surface area contributed by atoms with Crippen molar-refractivity contribution in [1.29, 1.82) is 0 Å². The second-order valence-corrected chi connectivity index (χ2v) is 7.40. The summed E-state index contributed by atoms with van der Waals surface area (Å²) < 4.78 is 1.79. The van der Waals surface area contributed by atoms with Gasteiger partial charge < -0.3 is 10.0 Å². The van der Waals surface area contributed by atoms with E-state index in [4.69, 9.17) is 0 Å². The van der Waals surface area contributed by atoms with Crippen LogP contribution in [0.1, 0.15) is 43.9 Å². The summed E-state index contributed by atoms with van der Waals surface area (Å²) in [6.07, 6.45) is 3.05. The van der Waals surface area contributed by atoms with E-state index in [1.54, 1.807) is 28.4 Å². The standard InChI is InChI=1S/C15H25N3O2S/c1-11(2)13-12(10-18(4)16-13)9-17(3)14(19)15(20)5-7-21-8-6-15/h10-11,20H,5-9H2,1-4H3. The lowest BCUT2D eigenvalue weighted by Crippen LogP contribution is -2.49. The normalized spacial score (nSPS) is 18.0. The summed E-state index contributed by atoms with van der Waals surface area (Å²) in [7, 11) is 3.66. The van der Waals surface area contributed by atoms with Crippen molar-refractivity contribution >= 4 is 17.7 Å². The molecule has 2 rings (SSSR count). The number of rotatable bonds is 4. The van der Waals surface area contributed by atoms with Gasteiger partial charge in [0.05, 0.1) is 5.69 Å². The number of amides is 1. The number of nitrogens with zero attached hydrogens (tertiary/aromatic N) is 3. The van der Waals surface area contributed by atoms with Gasteiger partial charge in [-0.1, -0.05) is 13.8 Å². The van der Waals surface area contributed by atoms with Crippen molar-refractivity contribution in [3.05, 3.63) is 17.5 Å². The van der Waals surface area contributed by atoms with E-state index in [0.29, 0.717) is 25.3 Å². The molecule has 0 radical (unpaired) electrons. The van der Waals surface area contributed by atoms with Gasteiger partial charge in [0.1, 0.15) is 5.60 Å². The highest BCUT2D eigenvalue weighted by atomic mass is 32.2. The fourth-order valence-corrected chi connectivity index (χ4v) is 3.94. The van der Waals surface area contributed by atoms with Crippen molar-refractivity contribution in [3.63, 3.8) is 0 Å². The highest BCUT2D eigenvalue weighted by molar-refractivity contribution is 7.99. The molecule has 1 amide bonds. The molecule has 0 bridgehead atoms. The van der Waals surface area contributed by atoms with Crippen LogP contribution in [0.4, 0.5) is 0 Å². The molecule has 0 spiro atoms. The summed E-state index contributed by atoms with van der Waals surface area (Å²) in [6.45, 7) is 4.69. The maximum absolute atomic E-state index is 12.6. The number of likely N-dealkylation sites (N-methyl/N-ethyl adjacent to an activating group) is 1. The molecule has 1 aromatic rings. The topological polar surface area (TPSA) is 58.4 Å². The van der Waals surface area contributed by atoms with Crippen LogP contribution >= 0.6 is 11.8 Å². The van der Waals surface area contributed by atoms with E-state index < -0.39 is 5.60 Å². The van der Waals surface area contributed by atoms with Gasteiger partial charge in [-0.3, -0.25) is 9.48 Å². The summed E-state index contributed by atoms with van der Waals surface area (Å²) in [5.41, 5.74) is 0.890. The number of aryl methyl sites for hydroxylation is 1. The van der Waals surface area contributed by atoms with Crippen LogP contribution in [-0.2, 0) is 18.4 Å². The zero-order valence-electron chi connectivity index (χ0n) is 13.3. The molecule has 1 aliphatic rings. The maximum Gasteiger partial charge on any atom is 0.254 e. The molecule has 0 atom stereocenters. The van der Waals surface area contributed by atoms with Crippen molar-refractivity contribution in [3.8, 4) is 0 Å². The maximum atomic E-state index is 12.6. The van der Waals surface area contributed by atoms with E-state index in [0.717, 1.165) is 22.8 Å². The molecular weight excluding hydrogens is 286 g/mol. The average Bonchev–Trinajstić information content (AvgIpc) is 2.79. The summed E-state index contributed by atoms with van der Waals surface area (Å²) in [5.74, 6) is 1.85. The molecule has 6 heteroatoms. The van der Waals surface area contributed by atoms with Crippen molar-refractivity contribution in [1.82, 2.24) is 14.7 Å². The third-order valence-electron chi connectivity index (χ3n) is 3.96. The Bertz CT molecular complexity index is 507. The molecule has 118 valence electrons. The van der Waals surface area contributed by atoms with Gasteiger partial charge in [0, 0.05) is 32.4 Å². The van der Waals surface area contributed by atoms with Crippen LogP contribution in [0, 0.1) is 0 Å². The van der Waals surface area contributed by atoms with Crippen LogP contribution in [-0.4, -0.2) is 49.8 Å². The minimum atomic E-state index is -1.18. The molecule has 0 saturated carbocycles. The summed E-state index contributed by atoms with van der Waals surface area (Å²) >= 11 is 1.80. The van der Waals surface area contributed by atoms with Gasteiger partial charge in [-0.05, 0) is 30.3 Å². The predicted molar refractivity (Wildman–Crippen MR) is 85.3 cm³/mol. The molecule has 0 unspecified atom stereocenters. The molecule has 5 nitrogen and oxygen atoms in total. The Morgan fingerprint density at radius 1 is 1.52 bits per heavy atom. The number of hydrogen-bond acceptors (Lipinski definition) is 4. The van der Waals surface area contributed by atoms with Crippen molar-refractivity contribution in [2.75, 3.05) is 18.6 Å². The average molecular weight is 311 g/mol. The van der Waals surface area contributed by atoms with Gasteiger partial charge in [-0.25, -0.2) is 0 Å². The number of hydrogen-bond donors (Lipinski definition) is 1. The highest BCUT2D eigenvalue weighted by Crippen LogP contribution is 2.29. The minimum absolute atomic E-state index is 0.165. The summed E-state index contributed by atoms with van der Waals surface area (Å²) in [4.78, 5) is 14.2. The summed E-state index contributed by atoms with van der Waals surface area (Å²) in [5, 5.41) is 15.0. The SMILES string of the molecule is CC(C)c1nn(C)cc1CN(C)C(=O)C1(O)CCSCC1. The van der Waals surface area contributed by atoms with E-state index in [-0.39, 0.29) is 5.91 Å². The van der Waals surface area contributed by atoms with Crippen LogP contribution in [0.15, 0.2) is 6.20 Å². The van der Waals surface area contributed by atoms with Crippen LogP contribution < -0.4 is 0 Å². The quantitative estimate of drug-likeness (QED) is 0.920. The van der Waals surface area contributed by atoms with Gasteiger partial charge in [-0.15, -0.1) is 0 Å². The van der Waals surface area contributed by atoms with Gasteiger partial charge >= 0.3 is 0 Å². The molecule has 1 N–H and O–H groups in total. The molecule has 2 heterocycles. The Morgan fingerprint density at radius 2 is 2.14 bits per heavy atom. The fraction of sp³-hybridized carbons (Fsp3) is 0.733. The second kappa shape index (κ2) is 6.40. The Balaban J connectivity index is 2.10. The Hall–Kier alpha value is -1.01. The van der Waals surface area contributed by atoms with Crippen LogP contribution in [0.3, 0.4) is 0 Å². The van der Waals surface area contributed by atoms with Crippen LogP contribution in [0.2, 0.25) is 0 Å². The number of aliphatic hydroxyl groups is 1. The third kappa shape index (κ3) is 3.61. The van der Waals surface area contributed by atoms with E-state index in [9.17, 15) is 9.90 Å². The lowest BCUT2D eigenvalue weighted by atomic mass is 9.95. The van der Waals surface area contributed by atoms with Gasteiger partial charge in [-0.2, -0.15) is 16.9 Å². The Kier molecular flexibility index (Phi) is 4.99. The zero-order chi connectivity index (χ0) is 15.6. The Morgan fingerprint density at radius 3 is 2.71 bits per heavy atom. The lowest BCUT2D eigenvalue weighted by molar-refractivity contribution is -0.151. The van der Waals surface area contributed by atoms with E-state index in [2.05, 4.69) is 18.9 Å². The summed E-state index contributed by atoms with van der Waals surface area (Å²) in [6, 6.07) is 0. The number of carbonyl (C=O) groups is 1. The van der Waals surface area contributed by atoms with E-state index in [1.165, 1.54) is 0 Å². The fourth-order valence-electron chi connectivity index (χ4n) is 2.77. The monoisotopic (exact) mass is 311 g/mol. The largest absolute Gasteiger partial charge is 0.380 e. The van der Waals surface area contributed by atoms with Crippen LogP contribution in [0.25, 0.3) is 0 Å². The molecule has 1 fully saturated rings. The first-order chi connectivity index (χ1) is 9.83. The van der Waals surface area contributed by atoms with Gasteiger partial charge in [0.2, 0.25) is 0 Å².